The van der Waals surface area contributed by atoms with Crippen LogP contribution in [0.15, 0.2) is 0 Å². The van der Waals surface area contributed by atoms with E-state index in [1.165, 1.54) is 0 Å². The summed E-state index contributed by atoms with van der Waals surface area (Å²) in [7, 11) is 0. The maximum absolute atomic E-state index is 11.7. The standard InChI is InChI=1S/C14H28N2O3/c1-2-3-12(4-7-17)10-15-11-14(18)16-13-5-8-19-9-6-13/h12-13,15,17H,2-11H2,1H3,(H,16,18). The Morgan fingerprint density at radius 1 is 1.37 bits per heavy atom. The van der Waals surface area contributed by atoms with Gasteiger partial charge in [0.2, 0.25) is 5.91 Å². The van der Waals surface area contributed by atoms with Crippen molar-refractivity contribution >= 4 is 5.91 Å². The van der Waals surface area contributed by atoms with Gasteiger partial charge in [0.15, 0.2) is 0 Å². The topological polar surface area (TPSA) is 70.6 Å². The number of nitrogens with one attached hydrogen (secondary N) is 2. The maximum Gasteiger partial charge on any atom is 0.234 e. The van der Waals surface area contributed by atoms with Crippen molar-refractivity contribution in [1.29, 1.82) is 0 Å². The Morgan fingerprint density at radius 3 is 2.74 bits per heavy atom. The van der Waals surface area contributed by atoms with Crippen LogP contribution in [0.2, 0.25) is 0 Å². The molecule has 0 radical (unpaired) electrons. The number of rotatable bonds is 9. The van der Waals surface area contributed by atoms with E-state index in [4.69, 9.17) is 9.84 Å². The van der Waals surface area contributed by atoms with E-state index in [0.717, 1.165) is 51.9 Å². The van der Waals surface area contributed by atoms with Gasteiger partial charge in [-0.1, -0.05) is 13.3 Å². The molecule has 1 aliphatic rings. The average Bonchev–Trinajstić information content (AvgIpc) is 2.40. The number of carbonyl (C=O) groups is 1. The van der Waals surface area contributed by atoms with E-state index in [1.807, 2.05) is 0 Å². The number of hydrogen-bond donors (Lipinski definition) is 3. The van der Waals surface area contributed by atoms with Gasteiger partial charge in [-0.05, 0) is 38.1 Å². The SMILES string of the molecule is CCCC(CCO)CNCC(=O)NC1CCOCC1. The molecule has 1 heterocycles. The Hall–Kier alpha value is -0.650. The summed E-state index contributed by atoms with van der Waals surface area (Å²) in [6.07, 6.45) is 4.83. The predicted molar refractivity (Wildman–Crippen MR) is 75.0 cm³/mol. The largest absolute Gasteiger partial charge is 0.396 e. The van der Waals surface area contributed by atoms with Crippen LogP contribution in [0.25, 0.3) is 0 Å². The third-order valence-electron chi connectivity index (χ3n) is 3.54. The molecule has 112 valence electrons. The Labute approximate surface area is 116 Å². The third-order valence-corrected chi connectivity index (χ3v) is 3.54. The van der Waals surface area contributed by atoms with Crippen LogP contribution in [0.4, 0.5) is 0 Å². The minimum absolute atomic E-state index is 0.0612. The second kappa shape index (κ2) is 10.2. The van der Waals surface area contributed by atoms with Gasteiger partial charge < -0.3 is 20.5 Å². The molecule has 1 saturated heterocycles. The fourth-order valence-electron chi connectivity index (χ4n) is 2.45. The summed E-state index contributed by atoms with van der Waals surface area (Å²) >= 11 is 0. The van der Waals surface area contributed by atoms with Crippen molar-refractivity contribution in [3.05, 3.63) is 0 Å². The van der Waals surface area contributed by atoms with E-state index in [2.05, 4.69) is 17.6 Å². The van der Waals surface area contributed by atoms with Crippen molar-refractivity contribution in [3.63, 3.8) is 0 Å². The molecule has 0 aliphatic carbocycles. The van der Waals surface area contributed by atoms with E-state index in [9.17, 15) is 4.79 Å². The van der Waals surface area contributed by atoms with Crippen LogP contribution in [-0.4, -0.2) is 50.0 Å². The van der Waals surface area contributed by atoms with Crippen LogP contribution in [0.5, 0.6) is 0 Å². The van der Waals surface area contributed by atoms with E-state index in [-0.39, 0.29) is 18.6 Å². The first-order chi connectivity index (χ1) is 9.26. The van der Waals surface area contributed by atoms with Crippen molar-refractivity contribution in [2.45, 2.75) is 45.1 Å². The fraction of sp³-hybridized carbons (Fsp3) is 0.929. The molecular formula is C14H28N2O3. The van der Waals surface area contributed by atoms with Gasteiger partial charge in [-0.25, -0.2) is 0 Å². The monoisotopic (exact) mass is 272 g/mol. The lowest BCUT2D eigenvalue weighted by Gasteiger charge is -2.23. The molecule has 1 fully saturated rings. The van der Waals surface area contributed by atoms with Crippen LogP contribution in [0.1, 0.15) is 39.0 Å². The van der Waals surface area contributed by atoms with E-state index in [1.54, 1.807) is 0 Å². The molecule has 1 aliphatic heterocycles. The van der Waals surface area contributed by atoms with Crippen molar-refractivity contribution < 1.29 is 14.6 Å². The van der Waals surface area contributed by atoms with Crippen LogP contribution in [0.3, 0.4) is 0 Å². The second-order valence-corrected chi connectivity index (χ2v) is 5.25. The van der Waals surface area contributed by atoms with Gasteiger partial charge in [-0.15, -0.1) is 0 Å². The molecule has 0 saturated carbocycles. The number of amides is 1. The molecule has 5 nitrogen and oxygen atoms in total. The van der Waals surface area contributed by atoms with Gasteiger partial charge in [0, 0.05) is 25.9 Å². The first-order valence-corrected chi connectivity index (χ1v) is 7.45. The van der Waals surface area contributed by atoms with E-state index >= 15 is 0 Å². The minimum atomic E-state index is 0.0612. The zero-order chi connectivity index (χ0) is 13.9. The molecule has 1 atom stereocenters. The second-order valence-electron chi connectivity index (χ2n) is 5.25. The van der Waals surface area contributed by atoms with Crippen LogP contribution < -0.4 is 10.6 Å². The third kappa shape index (κ3) is 7.50. The Morgan fingerprint density at radius 2 is 2.11 bits per heavy atom. The van der Waals surface area contributed by atoms with E-state index in [0.29, 0.717) is 12.5 Å². The molecule has 0 spiro atoms. The smallest absolute Gasteiger partial charge is 0.234 e. The average molecular weight is 272 g/mol. The fourth-order valence-corrected chi connectivity index (χ4v) is 2.45. The quantitative estimate of drug-likeness (QED) is 0.577. The summed E-state index contributed by atoms with van der Waals surface area (Å²) in [6.45, 7) is 5.02. The van der Waals surface area contributed by atoms with Gasteiger partial charge in [0.1, 0.15) is 0 Å². The molecule has 19 heavy (non-hydrogen) atoms. The highest BCUT2D eigenvalue weighted by Gasteiger charge is 2.16. The molecule has 1 amide bonds. The summed E-state index contributed by atoms with van der Waals surface area (Å²) in [5, 5.41) is 15.2. The van der Waals surface area contributed by atoms with Gasteiger partial charge in [-0.3, -0.25) is 4.79 Å². The highest BCUT2D eigenvalue weighted by molar-refractivity contribution is 5.78. The van der Waals surface area contributed by atoms with E-state index < -0.39 is 0 Å². The number of ether oxygens (including phenoxy) is 1. The molecule has 0 bridgehead atoms. The summed E-state index contributed by atoms with van der Waals surface area (Å²) in [5.41, 5.74) is 0. The molecule has 1 unspecified atom stereocenters. The minimum Gasteiger partial charge on any atom is -0.396 e. The lowest BCUT2D eigenvalue weighted by Crippen LogP contribution is -2.43. The molecule has 0 aromatic carbocycles. The molecule has 5 heteroatoms. The van der Waals surface area contributed by atoms with Gasteiger partial charge in [0.05, 0.1) is 6.54 Å². The number of aliphatic hydroxyl groups excluding tert-OH is 1. The lowest BCUT2D eigenvalue weighted by atomic mass is 10.0. The summed E-state index contributed by atoms with van der Waals surface area (Å²) in [6, 6.07) is 0.270. The first-order valence-electron chi connectivity index (χ1n) is 7.45. The number of carbonyl (C=O) groups excluding carboxylic acids is 1. The van der Waals surface area contributed by atoms with Crippen LogP contribution in [-0.2, 0) is 9.53 Å². The van der Waals surface area contributed by atoms with Gasteiger partial charge in [-0.2, -0.15) is 0 Å². The molecule has 0 aromatic rings. The first kappa shape index (κ1) is 16.4. The van der Waals surface area contributed by atoms with Crippen molar-refractivity contribution in [1.82, 2.24) is 10.6 Å². The summed E-state index contributed by atoms with van der Waals surface area (Å²) in [4.78, 5) is 11.7. The summed E-state index contributed by atoms with van der Waals surface area (Å²) in [5.74, 6) is 0.525. The molecular weight excluding hydrogens is 244 g/mol. The van der Waals surface area contributed by atoms with Crippen molar-refractivity contribution in [2.24, 2.45) is 5.92 Å². The highest BCUT2D eigenvalue weighted by Crippen LogP contribution is 2.09. The zero-order valence-electron chi connectivity index (χ0n) is 12.0. The highest BCUT2D eigenvalue weighted by atomic mass is 16.5. The Kier molecular flexibility index (Phi) is 8.79. The number of aliphatic hydroxyl groups is 1. The van der Waals surface area contributed by atoms with Gasteiger partial charge >= 0.3 is 0 Å². The zero-order valence-corrected chi connectivity index (χ0v) is 12.0. The Balaban J connectivity index is 2.10. The molecule has 1 rings (SSSR count). The van der Waals surface area contributed by atoms with Gasteiger partial charge in [0.25, 0.3) is 0 Å². The molecule has 3 N–H and O–H groups in total. The van der Waals surface area contributed by atoms with Crippen molar-refractivity contribution in [3.8, 4) is 0 Å². The molecule has 0 aromatic heterocycles. The summed E-state index contributed by atoms with van der Waals surface area (Å²) < 4.78 is 5.26. The maximum atomic E-state index is 11.7. The van der Waals surface area contributed by atoms with Crippen LogP contribution >= 0.6 is 0 Å². The number of hydrogen-bond acceptors (Lipinski definition) is 4. The van der Waals surface area contributed by atoms with Crippen molar-refractivity contribution in [2.75, 3.05) is 32.9 Å². The normalized spacial score (nSPS) is 18.2. The Bertz CT molecular complexity index is 237. The van der Waals surface area contributed by atoms with Crippen LogP contribution in [0, 0.1) is 5.92 Å². The predicted octanol–water partition coefficient (Wildman–Crippen LogP) is 0.670. The lowest BCUT2D eigenvalue weighted by molar-refractivity contribution is -0.121.